The van der Waals surface area contributed by atoms with Gasteiger partial charge in [0.05, 0.1) is 42.7 Å². The van der Waals surface area contributed by atoms with Crippen molar-refractivity contribution in [2.45, 2.75) is 44.6 Å². The standard InChI is InChI=1S/C34H34FN7O3/c1-40-31-26(8-21(11-30(31)45-2)34(44)41-16-23(35)12-24(36)17-41)39-32(40)29-10-20-6-5-19(9-28(20)42(29)15-18-3-4-18)22-7-25-27(37-13-22)14-38-33(25)43/h5-11,13,18,23-24H,3-4,12,14-17,36H2,1-2H3,(H,38,43)/t23-,24-/m1/s1. The number of aryl methyl sites for hydroxylation is 1. The van der Waals surface area contributed by atoms with Gasteiger partial charge in [0.2, 0.25) is 0 Å². The Labute approximate surface area is 259 Å². The molecule has 45 heavy (non-hydrogen) atoms. The number of hydrogen-bond donors (Lipinski definition) is 2. The van der Waals surface area contributed by atoms with E-state index in [1.807, 2.05) is 23.9 Å². The molecule has 10 nitrogen and oxygen atoms in total. The number of pyridine rings is 1. The molecule has 8 rings (SSSR count). The highest BCUT2D eigenvalue weighted by Crippen LogP contribution is 2.39. The molecule has 1 aliphatic carbocycles. The number of imidazole rings is 1. The van der Waals surface area contributed by atoms with E-state index in [2.05, 4.69) is 39.1 Å². The number of benzene rings is 2. The van der Waals surface area contributed by atoms with Crippen LogP contribution in [0.4, 0.5) is 4.39 Å². The quantitative estimate of drug-likeness (QED) is 0.295. The molecular weight excluding hydrogens is 573 g/mol. The minimum absolute atomic E-state index is 0.0261. The number of alkyl halides is 1. The van der Waals surface area contributed by atoms with Crippen molar-refractivity contribution in [1.82, 2.24) is 29.3 Å². The number of carbonyl (C=O) groups is 2. The highest BCUT2D eigenvalue weighted by molar-refractivity contribution is 6.01. The third kappa shape index (κ3) is 4.73. The second-order valence-electron chi connectivity index (χ2n) is 12.6. The van der Waals surface area contributed by atoms with Crippen molar-refractivity contribution in [2.24, 2.45) is 18.7 Å². The number of aromatic nitrogens is 4. The van der Waals surface area contributed by atoms with Crippen LogP contribution in [-0.2, 0) is 20.1 Å². The second-order valence-corrected chi connectivity index (χ2v) is 12.6. The monoisotopic (exact) mass is 607 g/mol. The molecule has 0 radical (unpaired) electrons. The van der Waals surface area contributed by atoms with Gasteiger partial charge in [-0.05, 0) is 61.1 Å². The Balaban J connectivity index is 1.23. The van der Waals surface area contributed by atoms with E-state index in [4.69, 9.17) is 15.5 Å². The van der Waals surface area contributed by atoms with Crippen molar-refractivity contribution in [3.05, 3.63) is 65.5 Å². The third-order valence-corrected chi connectivity index (χ3v) is 9.36. The highest BCUT2D eigenvalue weighted by Gasteiger charge is 2.31. The molecule has 230 valence electrons. The second kappa shape index (κ2) is 10.4. The molecule has 5 heterocycles. The number of carbonyl (C=O) groups excluding carboxylic acids is 2. The lowest BCUT2D eigenvalue weighted by atomic mass is 10.0. The van der Waals surface area contributed by atoms with Crippen LogP contribution >= 0.6 is 0 Å². The number of methoxy groups -OCH3 is 1. The number of fused-ring (bicyclic) bond motifs is 3. The Kier molecular flexibility index (Phi) is 6.42. The lowest BCUT2D eigenvalue weighted by Gasteiger charge is -2.33. The summed E-state index contributed by atoms with van der Waals surface area (Å²) < 4.78 is 24.4. The summed E-state index contributed by atoms with van der Waals surface area (Å²) in [6.45, 7) is 1.66. The van der Waals surface area contributed by atoms with Crippen molar-refractivity contribution in [3.8, 4) is 28.4 Å². The predicted octanol–water partition coefficient (Wildman–Crippen LogP) is 4.43. The summed E-state index contributed by atoms with van der Waals surface area (Å²) in [7, 11) is 3.53. The molecule has 11 heteroatoms. The van der Waals surface area contributed by atoms with E-state index in [0.29, 0.717) is 41.4 Å². The zero-order chi connectivity index (χ0) is 31.0. The Morgan fingerprint density at radius 3 is 2.76 bits per heavy atom. The maximum atomic E-state index is 14.3. The van der Waals surface area contributed by atoms with Gasteiger partial charge in [-0.25, -0.2) is 9.37 Å². The van der Waals surface area contributed by atoms with Gasteiger partial charge in [0.15, 0.2) is 5.82 Å². The van der Waals surface area contributed by atoms with Crippen molar-refractivity contribution in [1.29, 1.82) is 0 Å². The smallest absolute Gasteiger partial charge is 0.254 e. The number of halogens is 1. The summed E-state index contributed by atoms with van der Waals surface area (Å²) in [4.78, 5) is 36.9. The van der Waals surface area contributed by atoms with Crippen LogP contribution in [0.15, 0.2) is 48.7 Å². The number of likely N-dealkylation sites (tertiary alicyclic amines) is 1. The fourth-order valence-electron chi connectivity index (χ4n) is 6.86. The van der Waals surface area contributed by atoms with Crippen LogP contribution in [0.5, 0.6) is 5.75 Å². The van der Waals surface area contributed by atoms with Crippen LogP contribution < -0.4 is 15.8 Å². The van der Waals surface area contributed by atoms with Gasteiger partial charge >= 0.3 is 0 Å². The SMILES string of the molecule is COc1cc(C(=O)N2C[C@H](N)C[C@@H](F)C2)cc2nc(-c3cc4ccc(-c5cnc6c(c5)C(=O)NC6)cc4n3CC3CC3)n(C)c12. The van der Waals surface area contributed by atoms with Gasteiger partial charge in [-0.15, -0.1) is 0 Å². The predicted molar refractivity (Wildman–Crippen MR) is 169 cm³/mol. The van der Waals surface area contributed by atoms with Crippen molar-refractivity contribution in [2.75, 3.05) is 20.2 Å². The summed E-state index contributed by atoms with van der Waals surface area (Å²) in [6, 6.07) is 13.5. The molecule has 0 spiro atoms. The van der Waals surface area contributed by atoms with E-state index in [0.717, 1.165) is 51.3 Å². The normalized spacial score (nSPS) is 19.7. The number of piperidine rings is 1. The molecule has 0 bridgehead atoms. The first-order chi connectivity index (χ1) is 21.8. The van der Waals surface area contributed by atoms with Gasteiger partial charge in [-0.3, -0.25) is 14.6 Å². The molecule has 1 saturated heterocycles. The molecule has 2 aliphatic heterocycles. The fourth-order valence-corrected chi connectivity index (χ4v) is 6.86. The molecule has 2 aromatic carbocycles. The molecule has 0 unspecified atom stereocenters. The van der Waals surface area contributed by atoms with E-state index in [9.17, 15) is 14.0 Å². The Morgan fingerprint density at radius 1 is 1.13 bits per heavy atom. The number of amides is 2. The number of nitrogens with one attached hydrogen (secondary N) is 1. The van der Waals surface area contributed by atoms with Crippen molar-refractivity contribution < 1.29 is 18.7 Å². The van der Waals surface area contributed by atoms with Crippen molar-refractivity contribution >= 4 is 33.8 Å². The minimum Gasteiger partial charge on any atom is -0.494 e. The van der Waals surface area contributed by atoms with Gasteiger partial charge in [-0.2, -0.15) is 0 Å². The average Bonchev–Trinajstić information content (AvgIpc) is 3.56. The van der Waals surface area contributed by atoms with E-state index in [1.54, 1.807) is 19.2 Å². The highest BCUT2D eigenvalue weighted by atomic mass is 19.1. The minimum atomic E-state index is -1.14. The zero-order valence-electron chi connectivity index (χ0n) is 25.2. The first-order valence-corrected chi connectivity index (χ1v) is 15.4. The molecule has 5 aromatic rings. The number of hydrogen-bond acceptors (Lipinski definition) is 6. The topological polar surface area (TPSA) is 120 Å². The average molecular weight is 608 g/mol. The van der Waals surface area contributed by atoms with Crippen LogP contribution in [0.2, 0.25) is 0 Å². The van der Waals surface area contributed by atoms with Crippen LogP contribution in [0.1, 0.15) is 45.7 Å². The number of ether oxygens (including phenoxy) is 1. The summed E-state index contributed by atoms with van der Waals surface area (Å²) >= 11 is 0. The van der Waals surface area contributed by atoms with E-state index in [-0.39, 0.29) is 24.8 Å². The lowest BCUT2D eigenvalue weighted by Crippen LogP contribution is -2.50. The number of nitrogens with zero attached hydrogens (tertiary/aromatic N) is 5. The van der Waals surface area contributed by atoms with Gasteiger partial charge in [0, 0.05) is 54.4 Å². The molecule has 3 aromatic heterocycles. The fraction of sp³-hybridized carbons (Fsp3) is 0.353. The first-order valence-electron chi connectivity index (χ1n) is 15.4. The van der Waals surface area contributed by atoms with Crippen LogP contribution in [0.25, 0.3) is 44.6 Å². The van der Waals surface area contributed by atoms with Crippen molar-refractivity contribution in [3.63, 3.8) is 0 Å². The zero-order valence-corrected chi connectivity index (χ0v) is 25.2. The lowest BCUT2D eigenvalue weighted by molar-refractivity contribution is 0.0606. The largest absolute Gasteiger partial charge is 0.494 e. The van der Waals surface area contributed by atoms with Gasteiger partial charge in [0.25, 0.3) is 11.8 Å². The Morgan fingerprint density at radius 2 is 1.98 bits per heavy atom. The summed E-state index contributed by atoms with van der Waals surface area (Å²) in [5, 5.41) is 3.92. The first kappa shape index (κ1) is 27.8. The molecule has 1 saturated carbocycles. The number of nitrogens with two attached hydrogens (primary N) is 1. The maximum absolute atomic E-state index is 14.3. The molecule has 2 atom stereocenters. The van der Waals surface area contributed by atoms with Gasteiger partial charge in [0.1, 0.15) is 17.4 Å². The maximum Gasteiger partial charge on any atom is 0.254 e. The Bertz CT molecular complexity index is 2020. The molecule has 3 aliphatic rings. The van der Waals surface area contributed by atoms with Crippen LogP contribution in [-0.4, -0.2) is 68.2 Å². The molecular formula is C34H34FN7O3. The third-order valence-electron chi connectivity index (χ3n) is 9.36. The molecule has 2 amide bonds. The van der Waals surface area contributed by atoms with E-state index >= 15 is 0 Å². The summed E-state index contributed by atoms with van der Waals surface area (Å²) in [5.74, 6) is 1.50. The summed E-state index contributed by atoms with van der Waals surface area (Å²) in [6.07, 6.45) is 3.32. The number of rotatable bonds is 6. The Hall–Kier alpha value is -4.77. The van der Waals surface area contributed by atoms with E-state index < -0.39 is 12.2 Å². The van der Waals surface area contributed by atoms with Gasteiger partial charge in [-0.1, -0.05) is 12.1 Å². The van der Waals surface area contributed by atoms with E-state index in [1.165, 1.54) is 17.7 Å². The summed E-state index contributed by atoms with van der Waals surface area (Å²) in [5.41, 5.74) is 13.1. The van der Waals surface area contributed by atoms with Gasteiger partial charge < -0.3 is 29.8 Å². The van der Waals surface area contributed by atoms with Crippen LogP contribution in [0, 0.1) is 5.92 Å². The molecule has 3 N–H and O–H groups in total. The van der Waals surface area contributed by atoms with Crippen LogP contribution in [0.3, 0.4) is 0 Å². The molecule has 2 fully saturated rings.